The second-order valence-electron chi connectivity index (χ2n) is 5.09. The Bertz CT molecular complexity index is 292. The van der Waals surface area contributed by atoms with Gasteiger partial charge in [-0.25, -0.2) is 0 Å². The largest absolute Gasteiger partial charge is 0.370 e. The Kier molecular flexibility index (Phi) is 3.99. The number of rotatable bonds is 3. The molecule has 0 aromatic heterocycles. The number of amides is 2. The van der Waals surface area contributed by atoms with E-state index in [2.05, 4.69) is 5.32 Å². The number of hydrogen-bond acceptors (Lipinski definition) is 3. The minimum atomic E-state index is -0.229. The fourth-order valence-electron chi connectivity index (χ4n) is 2.76. The lowest BCUT2D eigenvalue weighted by Gasteiger charge is -2.33. The van der Waals surface area contributed by atoms with Gasteiger partial charge >= 0.3 is 0 Å². The van der Waals surface area contributed by atoms with Crippen LogP contribution >= 0.6 is 0 Å². The standard InChI is InChI=1S/C12H21N3O2/c13-11(16)8-9-3-6-15(7-4-9)12(17)10-2-1-5-14-10/h9-10,14H,1-8H2,(H2,13,16)/t10-/m0/s1. The summed E-state index contributed by atoms with van der Waals surface area (Å²) < 4.78 is 0. The van der Waals surface area contributed by atoms with Crippen LogP contribution < -0.4 is 11.1 Å². The topological polar surface area (TPSA) is 75.4 Å². The van der Waals surface area contributed by atoms with Crippen LogP contribution in [0.15, 0.2) is 0 Å². The van der Waals surface area contributed by atoms with Gasteiger partial charge in [-0.3, -0.25) is 9.59 Å². The summed E-state index contributed by atoms with van der Waals surface area (Å²) >= 11 is 0. The van der Waals surface area contributed by atoms with E-state index in [1.54, 1.807) is 0 Å². The maximum Gasteiger partial charge on any atom is 0.239 e. The molecular formula is C12H21N3O2. The summed E-state index contributed by atoms with van der Waals surface area (Å²) in [4.78, 5) is 24.9. The maximum atomic E-state index is 12.1. The van der Waals surface area contributed by atoms with Gasteiger partial charge < -0.3 is 16.0 Å². The molecule has 0 bridgehead atoms. The first-order chi connectivity index (χ1) is 8.16. The second kappa shape index (κ2) is 5.49. The summed E-state index contributed by atoms with van der Waals surface area (Å²) in [5.41, 5.74) is 5.19. The first-order valence-electron chi connectivity index (χ1n) is 6.47. The third-order valence-electron chi connectivity index (χ3n) is 3.77. The summed E-state index contributed by atoms with van der Waals surface area (Å²) in [5.74, 6) is 0.375. The SMILES string of the molecule is NC(=O)CC1CCN(C(=O)[C@@H]2CCCN2)CC1. The van der Waals surface area contributed by atoms with E-state index in [-0.39, 0.29) is 17.9 Å². The highest BCUT2D eigenvalue weighted by Crippen LogP contribution is 2.21. The van der Waals surface area contributed by atoms with Crippen LogP contribution in [-0.2, 0) is 9.59 Å². The van der Waals surface area contributed by atoms with Gasteiger partial charge in [0.25, 0.3) is 0 Å². The van der Waals surface area contributed by atoms with E-state index < -0.39 is 0 Å². The molecule has 0 aromatic rings. The van der Waals surface area contributed by atoms with E-state index >= 15 is 0 Å². The van der Waals surface area contributed by atoms with Crippen LogP contribution in [0.4, 0.5) is 0 Å². The Morgan fingerprint density at radius 2 is 1.94 bits per heavy atom. The molecule has 2 aliphatic heterocycles. The molecule has 0 aliphatic carbocycles. The molecule has 2 saturated heterocycles. The van der Waals surface area contributed by atoms with Gasteiger partial charge in [0.1, 0.15) is 0 Å². The van der Waals surface area contributed by atoms with Gasteiger partial charge in [-0.1, -0.05) is 0 Å². The number of carbonyl (C=O) groups excluding carboxylic acids is 2. The normalized spacial score (nSPS) is 26.1. The van der Waals surface area contributed by atoms with Crippen molar-refractivity contribution in [3.05, 3.63) is 0 Å². The fraction of sp³-hybridized carbons (Fsp3) is 0.833. The molecule has 2 aliphatic rings. The summed E-state index contributed by atoms with van der Waals surface area (Å²) in [7, 11) is 0. The Hall–Kier alpha value is -1.10. The van der Waals surface area contributed by atoms with Crippen LogP contribution in [0.25, 0.3) is 0 Å². The summed E-state index contributed by atoms with van der Waals surface area (Å²) in [6.45, 7) is 2.50. The van der Waals surface area contributed by atoms with Crippen molar-refractivity contribution in [3.63, 3.8) is 0 Å². The van der Waals surface area contributed by atoms with Gasteiger partial charge in [0.05, 0.1) is 6.04 Å². The van der Waals surface area contributed by atoms with Gasteiger partial charge in [0, 0.05) is 19.5 Å². The first-order valence-corrected chi connectivity index (χ1v) is 6.47. The lowest BCUT2D eigenvalue weighted by atomic mass is 9.93. The Balaban J connectivity index is 1.78. The molecule has 0 unspecified atom stereocenters. The summed E-state index contributed by atoms with van der Waals surface area (Å²) in [6, 6.07) is 0.0303. The van der Waals surface area contributed by atoms with Crippen molar-refractivity contribution < 1.29 is 9.59 Å². The van der Waals surface area contributed by atoms with E-state index in [9.17, 15) is 9.59 Å². The lowest BCUT2D eigenvalue weighted by molar-refractivity contribution is -0.134. The van der Waals surface area contributed by atoms with E-state index in [0.29, 0.717) is 12.3 Å². The predicted octanol–water partition coefficient (Wildman–Crippen LogP) is -0.148. The van der Waals surface area contributed by atoms with Gasteiger partial charge in [-0.2, -0.15) is 0 Å². The maximum absolute atomic E-state index is 12.1. The molecule has 96 valence electrons. The fourth-order valence-corrected chi connectivity index (χ4v) is 2.76. The molecule has 3 N–H and O–H groups in total. The van der Waals surface area contributed by atoms with Gasteiger partial charge in [-0.05, 0) is 38.1 Å². The third kappa shape index (κ3) is 3.19. The third-order valence-corrected chi connectivity index (χ3v) is 3.77. The van der Waals surface area contributed by atoms with Crippen LogP contribution in [0.3, 0.4) is 0 Å². The van der Waals surface area contributed by atoms with Crippen LogP contribution in [0, 0.1) is 5.92 Å². The highest BCUT2D eigenvalue weighted by atomic mass is 16.2. The zero-order valence-corrected chi connectivity index (χ0v) is 10.2. The molecule has 2 heterocycles. The van der Waals surface area contributed by atoms with Crippen molar-refractivity contribution in [2.24, 2.45) is 11.7 Å². The molecule has 2 fully saturated rings. The minimum absolute atomic E-state index is 0.0303. The summed E-state index contributed by atoms with van der Waals surface area (Å²) in [6.07, 6.45) is 4.32. The quantitative estimate of drug-likeness (QED) is 0.719. The molecule has 0 radical (unpaired) electrons. The Morgan fingerprint density at radius 3 is 2.47 bits per heavy atom. The monoisotopic (exact) mass is 239 g/mol. The minimum Gasteiger partial charge on any atom is -0.370 e. The molecule has 0 saturated carbocycles. The van der Waals surface area contributed by atoms with Crippen LogP contribution in [0.1, 0.15) is 32.1 Å². The molecule has 5 nitrogen and oxygen atoms in total. The van der Waals surface area contributed by atoms with E-state index in [1.807, 2.05) is 4.90 Å². The highest BCUT2D eigenvalue weighted by molar-refractivity contribution is 5.82. The number of piperidine rings is 1. The number of primary amides is 1. The van der Waals surface area contributed by atoms with Crippen LogP contribution in [0.5, 0.6) is 0 Å². The molecule has 1 atom stereocenters. The van der Waals surface area contributed by atoms with Crippen molar-refractivity contribution in [3.8, 4) is 0 Å². The number of hydrogen-bond donors (Lipinski definition) is 2. The Morgan fingerprint density at radius 1 is 1.24 bits per heavy atom. The van der Waals surface area contributed by atoms with Gasteiger partial charge in [0.15, 0.2) is 0 Å². The number of nitrogens with zero attached hydrogens (tertiary/aromatic N) is 1. The lowest BCUT2D eigenvalue weighted by Crippen LogP contribution is -2.47. The Labute approximate surface area is 102 Å². The molecule has 0 aromatic carbocycles. The predicted molar refractivity (Wildman–Crippen MR) is 64.1 cm³/mol. The van der Waals surface area contributed by atoms with Crippen molar-refractivity contribution in [2.45, 2.75) is 38.1 Å². The molecule has 2 amide bonds. The smallest absolute Gasteiger partial charge is 0.239 e. The molecule has 5 heteroatoms. The van der Waals surface area contributed by atoms with Crippen molar-refractivity contribution in [1.82, 2.24) is 10.2 Å². The average Bonchev–Trinajstić information content (AvgIpc) is 2.82. The van der Waals surface area contributed by atoms with Crippen molar-refractivity contribution in [1.29, 1.82) is 0 Å². The molecule has 2 rings (SSSR count). The molecule has 0 spiro atoms. The van der Waals surface area contributed by atoms with Gasteiger partial charge in [-0.15, -0.1) is 0 Å². The zero-order chi connectivity index (χ0) is 12.3. The second-order valence-corrected chi connectivity index (χ2v) is 5.09. The van der Waals surface area contributed by atoms with E-state index in [4.69, 9.17) is 5.73 Å². The highest BCUT2D eigenvalue weighted by Gasteiger charge is 2.29. The van der Waals surface area contributed by atoms with Gasteiger partial charge in [0.2, 0.25) is 11.8 Å². The summed E-state index contributed by atoms with van der Waals surface area (Å²) in [5, 5.41) is 3.23. The van der Waals surface area contributed by atoms with Crippen LogP contribution in [-0.4, -0.2) is 42.4 Å². The molecule has 17 heavy (non-hydrogen) atoms. The zero-order valence-electron chi connectivity index (χ0n) is 10.2. The van der Waals surface area contributed by atoms with Crippen LogP contribution in [0.2, 0.25) is 0 Å². The number of likely N-dealkylation sites (tertiary alicyclic amines) is 1. The van der Waals surface area contributed by atoms with Crippen molar-refractivity contribution in [2.75, 3.05) is 19.6 Å². The van der Waals surface area contributed by atoms with E-state index in [0.717, 1.165) is 45.3 Å². The number of nitrogens with two attached hydrogens (primary N) is 1. The molecular weight excluding hydrogens is 218 g/mol. The number of carbonyl (C=O) groups is 2. The average molecular weight is 239 g/mol. The van der Waals surface area contributed by atoms with Crippen molar-refractivity contribution >= 4 is 11.8 Å². The first kappa shape index (κ1) is 12.4. The number of nitrogens with one attached hydrogen (secondary N) is 1. The van der Waals surface area contributed by atoms with E-state index in [1.165, 1.54) is 0 Å².